The van der Waals surface area contributed by atoms with E-state index in [1.807, 2.05) is 24.3 Å². The highest BCUT2D eigenvalue weighted by atomic mass is 79.9. The summed E-state index contributed by atoms with van der Waals surface area (Å²) >= 11 is 3.41. The van der Waals surface area contributed by atoms with Crippen LogP contribution in [0.1, 0.15) is 6.92 Å². The Hall–Kier alpha value is -0.820. The van der Waals surface area contributed by atoms with Crippen LogP contribution in [-0.2, 0) is 4.79 Å². The summed E-state index contributed by atoms with van der Waals surface area (Å²) in [6, 6.07) is 7.53. The number of nitrogens with zero attached hydrogens (tertiary/aromatic N) is 1. The van der Waals surface area contributed by atoms with Crippen molar-refractivity contribution in [1.29, 1.82) is 0 Å². The maximum Gasteiger partial charge on any atom is 0.260 e. The molecule has 0 radical (unpaired) electrons. The highest BCUT2D eigenvalue weighted by Gasteiger charge is 2.16. The Morgan fingerprint density at radius 3 is 2.77 bits per heavy atom. The standard InChI is InChI=1S/C15H22BrN3O2.ClH/c1-12(21-14-5-3-2-4-13(14)16)15(20)18-8-11-19-9-6-17-7-10-19;/h2-5,12,17H,6-11H2,1H3,(H,18,20);1H. The van der Waals surface area contributed by atoms with E-state index in [4.69, 9.17) is 4.74 Å². The first-order valence-corrected chi connectivity index (χ1v) is 8.08. The third-order valence-corrected chi connectivity index (χ3v) is 4.10. The number of ether oxygens (including phenoxy) is 1. The van der Waals surface area contributed by atoms with Crippen LogP contribution >= 0.6 is 28.3 Å². The van der Waals surface area contributed by atoms with Crippen LogP contribution in [0.2, 0.25) is 0 Å². The van der Waals surface area contributed by atoms with E-state index >= 15 is 0 Å². The third-order valence-electron chi connectivity index (χ3n) is 3.45. The predicted molar refractivity (Wildman–Crippen MR) is 93.8 cm³/mol. The molecule has 0 bridgehead atoms. The van der Waals surface area contributed by atoms with E-state index in [1.54, 1.807) is 6.92 Å². The van der Waals surface area contributed by atoms with Crippen LogP contribution in [0.5, 0.6) is 5.75 Å². The lowest BCUT2D eigenvalue weighted by Gasteiger charge is -2.27. The molecule has 2 N–H and O–H groups in total. The van der Waals surface area contributed by atoms with Crippen LogP contribution < -0.4 is 15.4 Å². The molecule has 1 aromatic carbocycles. The Bertz CT molecular complexity index is 470. The van der Waals surface area contributed by atoms with Gasteiger partial charge in [-0.15, -0.1) is 12.4 Å². The molecule has 0 aromatic heterocycles. The SMILES string of the molecule is CC(Oc1ccccc1Br)C(=O)NCCN1CCNCC1.Cl. The van der Waals surface area contributed by atoms with Crippen molar-refractivity contribution < 1.29 is 9.53 Å². The van der Waals surface area contributed by atoms with Crippen molar-refractivity contribution in [3.63, 3.8) is 0 Å². The minimum atomic E-state index is -0.508. The van der Waals surface area contributed by atoms with E-state index in [0.717, 1.165) is 37.2 Å². The number of carbonyl (C=O) groups excluding carboxylic acids is 1. The monoisotopic (exact) mass is 391 g/mol. The first-order chi connectivity index (χ1) is 10.2. The number of nitrogens with one attached hydrogen (secondary N) is 2. The number of carbonyl (C=O) groups is 1. The van der Waals surface area contributed by atoms with E-state index in [1.165, 1.54) is 0 Å². The highest BCUT2D eigenvalue weighted by molar-refractivity contribution is 9.10. The minimum Gasteiger partial charge on any atom is -0.480 e. The van der Waals surface area contributed by atoms with Gasteiger partial charge in [0, 0.05) is 39.3 Å². The van der Waals surface area contributed by atoms with Crippen molar-refractivity contribution in [1.82, 2.24) is 15.5 Å². The quantitative estimate of drug-likeness (QED) is 0.773. The molecule has 5 nitrogen and oxygen atoms in total. The first kappa shape index (κ1) is 19.2. The zero-order chi connectivity index (χ0) is 15.1. The zero-order valence-corrected chi connectivity index (χ0v) is 15.1. The van der Waals surface area contributed by atoms with Crippen molar-refractivity contribution in [3.05, 3.63) is 28.7 Å². The van der Waals surface area contributed by atoms with Gasteiger partial charge < -0.3 is 15.4 Å². The summed E-state index contributed by atoms with van der Waals surface area (Å²) in [5, 5.41) is 6.24. The fraction of sp³-hybridized carbons (Fsp3) is 0.533. The predicted octanol–water partition coefficient (Wildman–Crippen LogP) is 1.66. The van der Waals surface area contributed by atoms with Gasteiger partial charge in [-0.3, -0.25) is 9.69 Å². The molecule has 1 aromatic rings. The van der Waals surface area contributed by atoms with Gasteiger partial charge >= 0.3 is 0 Å². The molecular formula is C15H23BrClN3O2. The van der Waals surface area contributed by atoms with Gasteiger partial charge in [0.1, 0.15) is 5.75 Å². The Morgan fingerprint density at radius 1 is 1.41 bits per heavy atom. The average molecular weight is 393 g/mol. The van der Waals surface area contributed by atoms with Crippen molar-refractivity contribution in [2.75, 3.05) is 39.3 Å². The van der Waals surface area contributed by atoms with Gasteiger partial charge in [-0.05, 0) is 35.0 Å². The number of halogens is 2. The molecule has 1 heterocycles. The normalized spacial score (nSPS) is 16.5. The van der Waals surface area contributed by atoms with E-state index in [9.17, 15) is 4.79 Å². The third kappa shape index (κ3) is 6.12. The van der Waals surface area contributed by atoms with Gasteiger partial charge in [0.15, 0.2) is 6.10 Å². The molecule has 22 heavy (non-hydrogen) atoms. The molecule has 0 aliphatic carbocycles. The molecule has 1 amide bonds. The summed E-state index contributed by atoms with van der Waals surface area (Å²) in [5.74, 6) is 0.600. The summed E-state index contributed by atoms with van der Waals surface area (Å²) in [4.78, 5) is 14.4. The molecule has 2 rings (SSSR count). The molecular weight excluding hydrogens is 370 g/mol. The average Bonchev–Trinajstić information content (AvgIpc) is 2.50. The number of benzene rings is 1. The van der Waals surface area contributed by atoms with Crippen molar-refractivity contribution in [2.24, 2.45) is 0 Å². The van der Waals surface area contributed by atoms with Gasteiger partial charge in [-0.1, -0.05) is 12.1 Å². The Morgan fingerprint density at radius 2 is 2.09 bits per heavy atom. The molecule has 7 heteroatoms. The van der Waals surface area contributed by atoms with Crippen LogP contribution in [0.15, 0.2) is 28.7 Å². The number of hydrogen-bond acceptors (Lipinski definition) is 4. The number of para-hydroxylation sites is 1. The van der Waals surface area contributed by atoms with Crippen LogP contribution in [0.4, 0.5) is 0 Å². The van der Waals surface area contributed by atoms with Gasteiger partial charge in [-0.2, -0.15) is 0 Å². The molecule has 1 unspecified atom stereocenters. The van der Waals surface area contributed by atoms with Crippen molar-refractivity contribution >= 4 is 34.2 Å². The van der Waals surface area contributed by atoms with Crippen molar-refractivity contribution in [3.8, 4) is 5.75 Å². The van der Waals surface area contributed by atoms with Gasteiger partial charge in [0.25, 0.3) is 5.91 Å². The lowest BCUT2D eigenvalue weighted by atomic mass is 10.3. The summed E-state index contributed by atoms with van der Waals surface area (Å²) in [6.45, 7) is 7.43. The summed E-state index contributed by atoms with van der Waals surface area (Å²) in [7, 11) is 0. The fourth-order valence-electron chi connectivity index (χ4n) is 2.20. The van der Waals surface area contributed by atoms with Crippen molar-refractivity contribution in [2.45, 2.75) is 13.0 Å². The number of hydrogen-bond donors (Lipinski definition) is 2. The Labute approximate surface area is 146 Å². The Kier molecular flexibility index (Phi) is 8.78. The highest BCUT2D eigenvalue weighted by Crippen LogP contribution is 2.24. The molecule has 1 atom stereocenters. The summed E-state index contributed by atoms with van der Waals surface area (Å²) in [5.41, 5.74) is 0. The molecule has 1 aliphatic heterocycles. The van der Waals surface area contributed by atoms with Crippen LogP contribution in [0.3, 0.4) is 0 Å². The number of piperazine rings is 1. The smallest absolute Gasteiger partial charge is 0.260 e. The maximum atomic E-state index is 12.0. The molecule has 1 saturated heterocycles. The van der Waals surface area contributed by atoms with Gasteiger partial charge in [0.2, 0.25) is 0 Å². The lowest BCUT2D eigenvalue weighted by Crippen LogP contribution is -2.47. The van der Waals surface area contributed by atoms with Crippen LogP contribution in [-0.4, -0.2) is 56.2 Å². The van der Waals surface area contributed by atoms with Crippen LogP contribution in [0.25, 0.3) is 0 Å². The molecule has 1 aliphatic rings. The lowest BCUT2D eigenvalue weighted by molar-refractivity contribution is -0.127. The topological polar surface area (TPSA) is 53.6 Å². The molecule has 124 valence electrons. The van der Waals surface area contributed by atoms with E-state index in [0.29, 0.717) is 12.3 Å². The second-order valence-corrected chi connectivity index (χ2v) is 5.93. The Balaban J connectivity index is 0.00000242. The van der Waals surface area contributed by atoms with E-state index in [2.05, 4.69) is 31.5 Å². The molecule has 0 saturated carbocycles. The van der Waals surface area contributed by atoms with Gasteiger partial charge in [0.05, 0.1) is 4.47 Å². The second-order valence-electron chi connectivity index (χ2n) is 5.07. The summed E-state index contributed by atoms with van der Waals surface area (Å²) in [6.07, 6.45) is -0.508. The maximum absolute atomic E-state index is 12.0. The molecule has 1 fully saturated rings. The summed E-state index contributed by atoms with van der Waals surface area (Å²) < 4.78 is 6.52. The number of rotatable bonds is 6. The second kappa shape index (κ2) is 10.0. The zero-order valence-electron chi connectivity index (χ0n) is 12.7. The van der Waals surface area contributed by atoms with E-state index in [-0.39, 0.29) is 18.3 Å². The van der Waals surface area contributed by atoms with Gasteiger partial charge in [-0.25, -0.2) is 0 Å². The molecule has 0 spiro atoms. The van der Waals surface area contributed by atoms with Crippen LogP contribution in [0, 0.1) is 0 Å². The largest absolute Gasteiger partial charge is 0.480 e. The fourth-order valence-corrected chi connectivity index (χ4v) is 2.58. The minimum absolute atomic E-state index is 0. The number of amides is 1. The van der Waals surface area contributed by atoms with E-state index < -0.39 is 6.10 Å². The first-order valence-electron chi connectivity index (χ1n) is 7.29.